The van der Waals surface area contributed by atoms with E-state index in [1.807, 2.05) is 4.57 Å². The van der Waals surface area contributed by atoms with Crippen molar-refractivity contribution in [2.75, 3.05) is 18.8 Å². The summed E-state index contributed by atoms with van der Waals surface area (Å²) in [6, 6.07) is 11.0. The van der Waals surface area contributed by atoms with Crippen molar-refractivity contribution in [3.05, 3.63) is 82.8 Å². The summed E-state index contributed by atoms with van der Waals surface area (Å²) in [4.78, 5) is 8.91. The van der Waals surface area contributed by atoms with E-state index in [-0.39, 0.29) is 12.4 Å². The second kappa shape index (κ2) is 11.5. The summed E-state index contributed by atoms with van der Waals surface area (Å²) in [7, 11) is 0. The van der Waals surface area contributed by atoms with Gasteiger partial charge in [-0.05, 0) is 62.5 Å². The molecule has 3 aromatic rings. The SMILES string of the molecule is C=C(N=Cc1nc(-c2ccc(Cl)cc2F)n(CCC2CCNCC2)c1N)NCc1ccccc1F. The predicted molar refractivity (Wildman–Crippen MR) is 137 cm³/mol. The van der Waals surface area contributed by atoms with Gasteiger partial charge < -0.3 is 20.9 Å². The molecule has 0 saturated carbocycles. The van der Waals surface area contributed by atoms with E-state index in [4.69, 9.17) is 17.3 Å². The monoisotopic (exact) mass is 498 g/mol. The maximum Gasteiger partial charge on any atom is 0.145 e. The fraction of sp³-hybridized carbons (Fsp3) is 0.308. The highest BCUT2D eigenvalue weighted by molar-refractivity contribution is 6.30. The minimum absolute atomic E-state index is 0.240. The second-order valence-corrected chi connectivity index (χ2v) is 9.05. The number of nitrogens with zero attached hydrogens (tertiary/aromatic N) is 3. The van der Waals surface area contributed by atoms with Gasteiger partial charge in [-0.2, -0.15) is 0 Å². The van der Waals surface area contributed by atoms with Crippen LogP contribution in [0.3, 0.4) is 0 Å². The Bertz CT molecular complexity index is 1220. The molecule has 0 unspecified atom stereocenters. The van der Waals surface area contributed by atoms with Crippen LogP contribution in [0.25, 0.3) is 11.4 Å². The molecule has 35 heavy (non-hydrogen) atoms. The Labute approximate surface area is 208 Å². The molecule has 6 nitrogen and oxygen atoms in total. The first-order chi connectivity index (χ1) is 16.9. The van der Waals surface area contributed by atoms with Crippen LogP contribution in [0.15, 0.2) is 59.9 Å². The Morgan fingerprint density at radius 2 is 2.00 bits per heavy atom. The Morgan fingerprint density at radius 3 is 2.74 bits per heavy atom. The van der Waals surface area contributed by atoms with E-state index in [0.717, 1.165) is 32.4 Å². The highest BCUT2D eigenvalue weighted by Crippen LogP contribution is 2.29. The average molecular weight is 499 g/mol. The molecule has 1 aromatic heterocycles. The van der Waals surface area contributed by atoms with Crippen LogP contribution in [-0.4, -0.2) is 28.9 Å². The Kier molecular flexibility index (Phi) is 8.15. The summed E-state index contributed by atoms with van der Waals surface area (Å²) < 4.78 is 30.5. The van der Waals surface area contributed by atoms with Gasteiger partial charge in [0.25, 0.3) is 0 Å². The molecule has 2 aromatic carbocycles. The Morgan fingerprint density at radius 1 is 1.23 bits per heavy atom. The van der Waals surface area contributed by atoms with E-state index < -0.39 is 5.82 Å². The lowest BCUT2D eigenvalue weighted by Crippen LogP contribution is -2.28. The fourth-order valence-electron chi connectivity index (χ4n) is 4.19. The third kappa shape index (κ3) is 6.26. The molecule has 184 valence electrons. The summed E-state index contributed by atoms with van der Waals surface area (Å²) in [5, 5.41) is 6.66. The van der Waals surface area contributed by atoms with Crippen molar-refractivity contribution in [1.82, 2.24) is 20.2 Å². The van der Waals surface area contributed by atoms with Crippen molar-refractivity contribution in [3.8, 4) is 11.4 Å². The zero-order valence-electron chi connectivity index (χ0n) is 19.4. The van der Waals surface area contributed by atoms with E-state index in [1.165, 1.54) is 18.3 Å². The van der Waals surface area contributed by atoms with Crippen LogP contribution in [0.1, 0.15) is 30.5 Å². The molecule has 0 spiro atoms. The van der Waals surface area contributed by atoms with Gasteiger partial charge in [0.05, 0.1) is 11.8 Å². The number of nitrogens with two attached hydrogens (primary N) is 1. The largest absolute Gasteiger partial charge is 0.383 e. The summed E-state index contributed by atoms with van der Waals surface area (Å²) in [5.74, 6) is 0.954. The molecule has 1 saturated heterocycles. The number of anilines is 1. The minimum Gasteiger partial charge on any atom is -0.383 e. The normalized spacial score (nSPS) is 14.5. The first-order valence-corrected chi connectivity index (χ1v) is 12.0. The summed E-state index contributed by atoms with van der Waals surface area (Å²) in [6.45, 7) is 6.72. The Balaban J connectivity index is 1.54. The third-order valence-electron chi connectivity index (χ3n) is 6.21. The molecule has 1 aliphatic rings. The van der Waals surface area contributed by atoms with Crippen LogP contribution in [-0.2, 0) is 13.1 Å². The molecule has 0 amide bonds. The van der Waals surface area contributed by atoms with E-state index in [1.54, 1.807) is 30.3 Å². The number of nitrogens with one attached hydrogen (secondary N) is 2. The molecule has 4 rings (SSSR count). The lowest BCUT2D eigenvalue weighted by atomic mass is 9.94. The lowest BCUT2D eigenvalue weighted by Gasteiger charge is -2.23. The van der Waals surface area contributed by atoms with Crippen LogP contribution in [0.5, 0.6) is 0 Å². The lowest BCUT2D eigenvalue weighted by molar-refractivity contribution is 0.339. The van der Waals surface area contributed by atoms with Gasteiger partial charge in [-0.25, -0.2) is 18.8 Å². The maximum atomic E-state index is 14.8. The minimum atomic E-state index is -0.468. The predicted octanol–water partition coefficient (Wildman–Crippen LogP) is 5.13. The van der Waals surface area contributed by atoms with E-state index in [2.05, 4.69) is 27.2 Å². The molecule has 1 fully saturated rings. The standard InChI is InChI=1S/C26H29ClF2N6/c1-17(32-15-19-4-2-3-5-22(19)28)33-16-24-25(30)35(13-10-18-8-11-31-12-9-18)26(34-24)21-7-6-20(27)14-23(21)29/h2-7,14,16,18,31-32H,1,8-13,15,30H2. The fourth-order valence-corrected chi connectivity index (χ4v) is 4.35. The van der Waals surface area contributed by atoms with Gasteiger partial charge in [0.2, 0.25) is 0 Å². The molecular weight excluding hydrogens is 470 g/mol. The number of piperidine rings is 1. The quantitative estimate of drug-likeness (QED) is 0.357. The number of halogens is 3. The number of hydrogen-bond donors (Lipinski definition) is 3. The second-order valence-electron chi connectivity index (χ2n) is 8.61. The number of hydrogen-bond acceptors (Lipinski definition) is 5. The summed E-state index contributed by atoms with van der Waals surface area (Å²) in [6.07, 6.45) is 4.60. The first kappa shape index (κ1) is 24.9. The number of benzene rings is 2. The number of aromatic nitrogens is 2. The molecule has 0 radical (unpaired) electrons. The van der Waals surface area contributed by atoms with E-state index in [0.29, 0.717) is 51.8 Å². The summed E-state index contributed by atoms with van der Waals surface area (Å²) >= 11 is 5.95. The number of aliphatic imine (C=N–C) groups is 1. The van der Waals surface area contributed by atoms with Crippen molar-refractivity contribution < 1.29 is 8.78 Å². The highest BCUT2D eigenvalue weighted by Gasteiger charge is 2.20. The van der Waals surface area contributed by atoms with Crippen molar-refractivity contribution in [2.45, 2.75) is 32.4 Å². The molecule has 9 heteroatoms. The van der Waals surface area contributed by atoms with Gasteiger partial charge in [-0.15, -0.1) is 0 Å². The van der Waals surface area contributed by atoms with Crippen molar-refractivity contribution in [2.24, 2.45) is 10.9 Å². The molecule has 0 aliphatic carbocycles. The third-order valence-corrected chi connectivity index (χ3v) is 6.45. The van der Waals surface area contributed by atoms with Gasteiger partial charge >= 0.3 is 0 Å². The first-order valence-electron chi connectivity index (χ1n) is 11.6. The molecule has 4 N–H and O–H groups in total. The zero-order valence-corrected chi connectivity index (χ0v) is 20.2. The molecule has 1 aliphatic heterocycles. The Hall–Kier alpha value is -3.23. The van der Waals surface area contributed by atoms with E-state index in [9.17, 15) is 8.78 Å². The van der Waals surface area contributed by atoms with Crippen molar-refractivity contribution in [3.63, 3.8) is 0 Å². The van der Waals surface area contributed by atoms with Crippen molar-refractivity contribution >= 4 is 23.6 Å². The average Bonchev–Trinajstić information content (AvgIpc) is 3.16. The van der Waals surface area contributed by atoms with Crippen LogP contribution >= 0.6 is 11.6 Å². The molecular formula is C26H29ClF2N6. The van der Waals surface area contributed by atoms with Crippen LogP contribution in [0, 0.1) is 17.6 Å². The number of imidazole rings is 1. The van der Waals surface area contributed by atoms with Gasteiger partial charge in [0.1, 0.15) is 34.8 Å². The van der Waals surface area contributed by atoms with Crippen LogP contribution < -0.4 is 16.4 Å². The maximum absolute atomic E-state index is 14.8. The highest BCUT2D eigenvalue weighted by atomic mass is 35.5. The molecule has 0 bridgehead atoms. The van der Waals surface area contributed by atoms with Crippen molar-refractivity contribution in [1.29, 1.82) is 0 Å². The van der Waals surface area contributed by atoms with Gasteiger partial charge in [0, 0.05) is 23.7 Å². The summed E-state index contributed by atoms with van der Waals surface area (Å²) in [5.41, 5.74) is 7.69. The number of rotatable bonds is 9. The number of nitrogen functional groups attached to an aromatic ring is 1. The van der Waals surface area contributed by atoms with Crippen LogP contribution in [0.4, 0.5) is 14.6 Å². The molecule has 0 atom stereocenters. The smallest absolute Gasteiger partial charge is 0.145 e. The van der Waals surface area contributed by atoms with Crippen LogP contribution in [0.2, 0.25) is 5.02 Å². The molecule has 2 heterocycles. The zero-order chi connectivity index (χ0) is 24.8. The topological polar surface area (TPSA) is 80.3 Å². The van der Waals surface area contributed by atoms with E-state index >= 15 is 0 Å². The van der Waals surface area contributed by atoms with Gasteiger partial charge in [-0.1, -0.05) is 36.4 Å². The van der Waals surface area contributed by atoms with Gasteiger partial charge in [0.15, 0.2) is 0 Å². The van der Waals surface area contributed by atoms with Gasteiger partial charge in [-0.3, -0.25) is 0 Å².